The Hall–Kier alpha value is -2.92. The minimum atomic E-state index is -0.130. The minimum absolute atomic E-state index is 0.107. The van der Waals surface area contributed by atoms with Crippen LogP contribution in [-0.2, 0) is 0 Å². The molecule has 1 amide bonds. The molecule has 28 heavy (non-hydrogen) atoms. The van der Waals surface area contributed by atoms with Crippen LogP contribution >= 0.6 is 15.9 Å². The zero-order valence-electron chi connectivity index (χ0n) is 15.4. The third-order valence-electron chi connectivity index (χ3n) is 4.82. The molecule has 4 rings (SSSR count). The molecule has 0 aliphatic carbocycles. The van der Waals surface area contributed by atoms with Crippen LogP contribution in [0.5, 0.6) is 5.75 Å². The van der Waals surface area contributed by atoms with Crippen LogP contribution in [0.15, 0.2) is 88.4 Å². The number of carbonyl (C=O) groups is 1. The van der Waals surface area contributed by atoms with Gasteiger partial charge in [0.25, 0.3) is 5.91 Å². The van der Waals surface area contributed by atoms with Crippen molar-refractivity contribution in [2.45, 2.75) is 12.5 Å². The SMILES string of the molecule is COc1ccc(C2=NN(C(=O)c3ccc(Br)cc3)C(c3ccccc3)C2)cc1. The van der Waals surface area contributed by atoms with Gasteiger partial charge in [-0.1, -0.05) is 46.3 Å². The number of hydrogen-bond acceptors (Lipinski definition) is 3. The first-order valence-electron chi connectivity index (χ1n) is 9.01. The van der Waals surface area contributed by atoms with Crippen LogP contribution < -0.4 is 4.74 Å². The average Bonchev–Trinajstić information content (AvgIpc) is 3.20. The summed E-state index contributed by atoms with van der Waals surface area (Å²) in [6, 6.07) is 25.1. The van der Waals surface area contributed by atoms with E-state index in [1.165, 1.54) is 0 Å². The fourth-order valence-electron chi connectivity index (χ4n) is 3.32. The number of nitrogens with zero attached hydrogens (tertiary/aromatic N) is 2. The molecule has 4 nitrogen and oxygen atoms in total. The zero-order valence-corrected chi connectivity index (χ0v) is 17.0. The Morgan fingerprint density at radius 2 is 1.68 bits per heavy atom. The lowest BCUT2D eigenvalue weighted by Crippen LogP contribution is -2.27. The first kappa shape index (κ1) is 18.4. The summed E-state index contributed by atoms with van der Waals surface area (Å²) in [4.78, 5) is 13.2. The van der Waals surface area contributed by atoms with E-state index in [9.17, 15) is 4.79 Å². The van der Waals surface area contributed by atoms with Crippen molar-refractivity contribution < 1.29 is 9.53 Å². The highest BCUT2D eigenvalue weighted by molar-refractivity contribution is 9.10. The van der Waals surface area contributed by atoms with Crippen LogP contribution in [0.2, 0.25) is 0 Å². The van der Waals surface area contributed by atoms with Gasteiger partial charge in [-0.2, -0.15) is 5.10 Å². The van der Waals surface area contributed by atoms with E-state index >= 15 is 0 Å². The van der Waals surface area contributed by atoms with Crippen molar-refractivity contribution in [2.75, 3.05) is 7.11 Å². The highest BCUT2D eigenvalue weighted by Crippen LogP contribution is 2.34. The van der Waals surface area contributed by atoms with E-state index in [0.29, 0.717) is 12.0 Å². The Bertz CT molecular complexity index is 999. The Kier molecular flexibility index (Phi) is 5.26. The maximum absolute atomic E-state index is 13.2. The van der Waals surface area contributed by atoms with E-state index in [0.717, 1.165) is 27.1 Å². The van der Waals surface area contributed by atoms with Crippen molar-refractivity contribution in [3.8, 4) is 5.75 Å². The molecule has 0 N–H and O–H groups in total. The lowest BCUT2D eigenvalue weighted by molar-refractivity contribution is 0.0711. The van der Waals surface area contributed by atoms with E-state index in [1.54, 1.807) is 12.1 Å². The number of hydrazone groups is 1. The van der Waals surface area contributed by atoms with Crippen molar-refractivity contribution in [1.29, 1.82) is 0 Å². The standard InChI is InChI=1S/C23H19BrN2O2/c1-28-20-13-9-16(10-14-20)21-15-22(17-5-3-2-4-6-17)26(25-21)23(27)18-7-11-19(24)12-8-18/h2-14,22H,15H2,1H3. The van der Waals surface area contributed by atoms with Gasteiger partial charge in [0.2, 0.25) is 0 Å². The molecule has 3 aromatic carbocycles. The second kappa shape index (κ2) is 7.98. The first-order chi connectivity index (χ1) is 13.7. The number of halogens is 1. The van der Waals surface area contributed by atoms with E-state index in [2.05, 4.69) is 15.9 Å². The molecule has 0 saturated heterocycles. The van der Waals surface area contributed by atoms with Gasteiger partial charge in [0.05, 0.1) is 18.9 Å². The summed E-state index contributed by atoms with van der Waals surface area (Å²) in [6.45, 7) is 0. The van der Waals surface area contributed by atoms with Gasteiger partial charge in [-0.05, 0) is 59.7 Å². The Labute approximate surface area is 172 Å². The van der Waals surface area contributed by atoms with Gasteiger partial charge in [0.1, 0.15) is 5.75 Å². The van der Waals surface area contributed by atoms with Gasteiger partial charge in [-0.15, -0.1) is 0 Å². The predicted octanol–water partition coefficient (Wildman–Crippen LogP) is 5.45. The van der Waals surface area contributed by atoms with Crippen molar-refractivity contribution in [3.05, 3.63) is 100 Å². The molecule has 1 heterocycles. The van der Waals surface area contributed by atoms with Crippen LogP contribution in [0.1, 0.15) is 33.9 Å². The molecule has 0 spiro atoms. The number of benzene rings is 3. The van der Waals surface area contributed by atoms with Crippen LogP contribution in [0.4, 0.5) is 0 Å². The maximum atomic E-state index is 13.2. The van der Waals surface area contributed by atoms with Gasteiger partial charge in [0, 0.05) is 16.5 Å². The topological polar surface area (TPSA) is 41.9 Å². The first-order valence-corrected chi connectivity index (χ1v) is 9.81. The number of carbonyl (C=O) groups excluding carboxylic acids is 1. The molecular weight excluding hydrogens is 416 g/mol. The summed E-state index contributed by atoms with van der Waals surface area (Å²) in [5.41, 5.74) is 3.57. The van der Waals surface area contributed by atoms with E-state index in [1.807, 2.05) is 78.9 Å². The highest BCUT2D eigenvalue weighted by Gasteiger charge is 2.33. The Morgan fingerprint density at radius 3 is 2.32 bits per heavy atom. The molecule has 1 unspecified atom stereocenters. The monoisotopic (exact) mass is 434 g/mol. The Morgan fingerprint density at radius 1 is 1.00 bits per heavy atom. The smallest absolute Gasteiger partial charge is 0.274 e. The molecule has 1 aliphatic rings. The molecule has 0 radical (unpaired) electrons. The van der Waals surface area contributed by atoms with Crippen molar-refractivity contribution in [3.63, 3.8) is 0 Å². The maximum Gasteiger partial charge on any atom is 0.274 e. The summed E-state index contributed by atoms with van der Waals surface area (Å²) in [5, 5.41) is 6.33. The summed E-state index contributed by atoms with van der Waals surface area (Å²) in [6.07, 6.45) is 0.665. The van der Waals surface area contributed by atoms with Gasteiger partial charge < -0.3 is 4.74 Å². The van der Waals surface area contributed by atoms with Crippen LogP contribution in [0, 0.1) is 0 Å². The number of ether oxygens (including phenoxy) is 1. The van der Waals surface area contributed by atoms with Crippen LogP contribution in [0.25, 0.3) is 0 Å². The Balaban J connectivity index is 1.70. The minimum Gasteiger partial charge on any atom is -0.497 e. The number of hydrogen-bond donors (Lipinski definition) is 0. The fraction of sp³-hybridized carbons (Fsp3) is 0.130. The van der Waals surface area contributed by atoms with Gasteiger partial charge in [-0.3, -0.25) is 4.79 Å². The van der Waals surface area contributed by atoms with Crippen molar-refractivity contribution in [1.82, 2.24) is 5.01 Å². The third kappa shape index (κ3) is 3.71. The molecule has 5 heteroatoms. The molecule has 0 bridgehead atoms. The normalized spacial score (nSPS) is 16.0. The van der Waals surface area contributed by atoms with Crippen LogP contribution in [-0.4, -0.2) is 23.7 Å². The molecule has 3 aromatic rings. The summed E-state index contributed by atoms with van der Waals surface area (Å²) in [7, 11) is 1.64. The lowest BCUT2D eigenvalue weighted by atomic mass is 9.98. The quantitative estimate of drug-likeness (QED) is 0.547. The second-order valence-electron chi connectivity index (χ2n) is 6.56. The summed E-state index contributed by atoms with van der Waals surface area (Å²) < 4.78 is 6.18. The van der Waals surface area contributed by atoms with E-state index in [4.69, 9.17) is 9.84 Å². The molecule has 0 fully saturated rings. The summed E-state index contributed by atoms with van der Waals surface area (Å²) in [5.74, 6) is 0.689. The van der Waals surface area contributed by atoms with Crippen molar-refractivity contribution in [2.24, 2.45) is 5.10 Å². The second-order valence-corrected chi connectivity index (χ2v) is 7.48. The van der Waals surface area contributed by atoms with E-state index in [-0.39, 0.29) is 11.9 Å². The van der Waals surface area contributed by atoms with E-state index < -0.39 is 0 Å². The fourth-order valence-corrected chi connectivity index (χ4v) is 3.58. The largest absolute Gasteiger partial charge is 0.497 e. The zero-order chi connectivity index (χ0) is 19.5. The molecular formula is C23H19BrN2O2. The van der Waals surface area contributed by atoms with Gasteiger partial charge in [-0.25, -0.2) is 5.01 Å². The summed E-state index contributed by atoms with van der Waals surface area (Å²) >= 11 is 3.42. The lowest BCUT2D eigenvalue weighted by Gasteiger charge is -2.22. The molecule has 0 saturated carbocycles. The highest BCUT2D eigenvalue weighted by atomic mass is 79.9. The van der Waals surface area contributed by atoms with Gasteiger partial charge >= 0.3 is 0 Å². The number of methoxy groups -OCH3 is 1. The van der Waals surface area contributed by atoms with Gasteiger partial charge in [0.15, 0.2) is 0 Å². The molecule has 1 atom stereocenters. The molecule has 140 valence electrons. The van der Waals surface area contributed by atoms with Crippen LogP contribution in [0.3, 0.4) is 0 Å². The average molecular weight is 435 g/mol. The third-order valence-corrected chi connectivity index (χ3v) is 5.35. The number of amides is 1. The predicted molar refractivity (Wildman–Crippen MR) is 114 cm³/mol. The molecule has 0 aromatic heterocycles. The van der Waals surface area contributed by atoms with Crippen molar-refractivity contribution >= 4 is 27.5 Å². The number of rotatable bonds is 4. The molecule has 1 aliphatic heterocycles.